The molecule has 2 aliphatic rings. The van der Waals surface area contributed by atoms with E-state index in [-0.39, 0.29) is 12.0 Å². The molecule has 1 aliphatic carbocycles. The van der Waals surface area contributed by atoms with Crippen LogP contribution in [0.15, 0.2) is 158 Å². The Kier molecular flexibility index (Phi) is 5.63. The summed E-state index contributed by atoms with van der Waals surface area (Å²) >= 11 is 0. The number of benzene rings is 5. The monoisotopic (exact) mass is 524 g/mol. The fourth-order valence-corrected chi connectivity index (χ4v) is 6.45. The molecule has 5 aromatic carbocycles. The summed E-state index contributed by atoms with van der Waals surface area (Å²) < 4.78 is 2.49. The first-order valence-corrected chi connectivity index (χ1v) is 14.2. The Morgan fingerprint density at radius 2 is 1.12 bits per heavy atom. The Bertz CT molecular complexity index is 1910. The molecule has 0 saturated carbocycles. The number of allylic oxidation sites excluding steroid dienone is 4. The molecule has 0 spiro atoms. The molecular formula is C39H28N2. The molecule has 0 bridgehead atoms. The van der Waals surface area contributed by atoms with E-state index in [4.69, 9.17) is 4.98 Å². The van der Waals surface area contributed by atoms with Gasteiger partial charge in [0.2, 0.25) is 0 Å². The predicted molar refractivity (Wildman–Crippen MR) is 169 cm³/mol. The van der Waals surface area contributed by atoms with Gasteiger partial charge in [-0.1, -0.05) is 152 Å². The highest BCUT2D eigenvalue weighted by atomic mass is 15.1. The third kappa shape index (κ3) is 3.99. The molecule has 2 heterocycles. The number of rotatable bonds is 4. The van der Waals surface area contributed by atoms with Crippen molar-refractivity contribution in [2.24, 2.45) is 0 Å². The third-order valence-electron chi connectivity index (χ3n) is 8.37. The van der Waals surface area contributed by atoms with E-state index in [1.807, 2.05) is 0 Å². The molecule has 0 saturated heterocycles. The average molecular weight is 525 g/mol. The van der Waals surface area contributed by atoms with Crippen LogP contribution < -0.4 is 0 Å². The first-order chi connectivity index (χ1) is 20.3. The van der Waals surface area contributed by atoms with Gasteiger partial charge in [0, 0.05) is 22.6 Å². The molecule has 41 heavy (non-hydrogen) atoms. The second kappa shape index (κ2) is 9.76. The van der Waals surface area contributed by atoms with Gasteiger partial charge in [0.05, 0.1) is 17.4 Å². The topological polar surface area (TPSA) is 17.8 Å². The lowest BCUT2D eigenvalue weighted by atomic mass is 9.78. The number of imidazole rings is 1. The fraction of sp³-hybridized carbons (Fsp3) is 0.0513. The van der Waals surface area contributed by atoms with E-state index in [1.54, 1.807) is 0 Å². The summed E-state index contributed by atoms with van der Waals surface area (Å²) in [5, 5.41) is 0. The summed E-state index contributed by atoms with van der Waals surface area (Å²) in [6.45, 7) is 0. The van der Waals surface area contributed by atoms with Gasteiger partial charge >= 0.3 is 0 Å². The highest BCUT2D eigenvalue weighted by Gasteiger charge is 2.37. The van der Waals surface area contributed by atoms with Crippen molar-refractivity contribution in [2.75, 3.05) is 0 Å². The molecule has 1 aromatic heterocycles. The van der Waals surface area contributed by atoms with Crippen molar-refractivity contribution < 1.29 is 0 Å². The lowest BCUT2D eigenvalue weighted by molar-refractivity contribution is 0.541. The molecule has 1 aliphatic heterocycles. The summed E-state index contributed by atoms with van der Waals surface area (Å²) in [6.07, 6.45) is 7.15. The molecule has 0 amide bonds. The SMILES string of the molecule is C1=CC2C(C=C1c1ccccc1)c1cc(-c3ccccc3)ccc1-c1nc(-c3ccccc3)c(-c3ccccc3)n12. The fourth-order valence-electron chi connectivity index (χ4n) is 6.45. The van der Waals surface area contributed by atoms with Crippen molar-refractivity contribution in [3.05, 3.63) is 169 Å². The maximum Gasteiger partial charge on any atom is 0.142 e. The second-order valence-electron chi connectivity index (χ2n) is 10.8. The van der Waals surface area contributed by atoms with Crippen LogP contribution in [0.3, 0.4) is 0 Å². The summed E-state index contributed by atoms with van der Waals surface area (Å²) in [6, 6.07) is 49.8. The van der Waals surface area contributed by atoms with E-state index in [2.05, 4.69) is 162 Å². The minimum atomic E-state index is 0.108. The highest BCUT2D eigenvalue weighted by Crippen LogP contribution is 2.51. The van der Waals surface area contributed by atoms with Crippen molar-refractivity contribution in [2.45, 2.75) is 12.0 Å². The van der Waals surface area contributed by atoms with Gasteiger partial charge in [-0.05, 0) is 33.9 Å². The van der Waals surface area contributed by atoms with Crippen LogP contribution in [-0.4, -0.2) is 9.55 Å². The maximum atomic E-state index is 5.42. The quantitative estimate of drug-likeness (QED) is 0.224. The smallest absolute Gasteiger partial charge is 0.142 e. The molecule has 2 atom stereocenters. The Morgan fingerprint density at radius 1 is 0.537 bits per heavy atom. The van der Waals surface area contributed by atoms with Gasteiger partial charge in [-0.15, -0.1) is 0 Å². The maximum absolute atomic E-state index is 5.42. The molecule has 6 aromatic rings. The van der Waals surface area contributed by atoms with Crippen LogP contribution in [0.2, 0.25) is 0 Å². The molecule has 8 rings (SSSR count). The minimum Gasteiger partial charge on any atom is -0.315 e. The van der Waals surface area contributed by atoms with Gasteiger partial charge in [-0.3, -0.25) is 0 Å². The predicted octanol–water partition coefficient (Wildman–Crippen LogP) is 9.84. The zero-order chi connectivity index (χ0) is 27.2. The highest BCUT2D eigenvalue weighted by molar-refractivity contribution is 5.86. The molecule has 0 N–H and O–H groups in total. The van der Waals surface area contributed by atoms with Crippen molar-refractivity contribution >= 4 is 5.57 Å². The molecule has 2 nitrogen and oxygen atoms in total. The largest absolute Gasteiger partial charge is 0.315 e. The van der Waals surface area contributed by atoms with Crippen LogP contribution in [0.1, 0.15) is 23.1 Å². The van der Waals surface area contributed by atoms with Crippen LogP contribution >= 0.6 is 0 Å². The van der Waals surface area contributed by atoms with E-state index in [1.165, 1.54) is 44.6 Å². The standard InChI is InChI=1S/C39H28N2/c1-5-13-27(14-6-1)31-21-23-33-34(25-31)35-26-32(28-15-7-2-8-16-28)22-24-36(35)41-38(30-19-11-4-12-20-30)37(40-39(33)41)29-17-9-3-10-18-29/h1-26,35-36H. The number of hydrogen-bond acceptors (Lipinski definition) is 1. The number of hydrogen-bond donors (Lipinski definition) is 0. The Hall–Kier alpha value is -5.21. The van der Waals surface area contributed by atoms with E-state index in [0.717, 1.165) is 17.1 Å². The summed E-state index contributed by atoms with van der Waals surface area (Å²) in [5.41, 5.74) is 12.0. The summed E-state index contributed by atoms with van der Waals surface area (Å²) in [4.78, 5) is 5.42. The molecule has 0 fully saturated rings. The molecule has 2 heteroatoms. The van der Waals surface area contributed by atoms with E-state index in [9.17, 15) is 0 Å². The molecular weight excluding hydrogens is 496 g/mol. The van der Waals surface area contributed by atoms with E-state index in [0.29, 0.717) is 0 Å². The van der Waals surface area contributed by atoms with Gasteiger partial charge < -0.3 is 4.57 Å². The van der Waals surface area contributed by atoms with Crippen molar-refractivity contribution in [1.82, 2.24) is 9.55 Å². The Morgan fingerprint density at radius 3 is 1.78 bits per heavy atom. The van der Waals surface area contributed by atoms with Crippen molar-refractivity contribution in [1.29, 1.82) is 0 Å². The van der Waals surface area contributed by atoms with Gasteiger partial charge in [0.1, 0.15) is 5.82 Å². The lowest BCUT2D eigenvalue weighted by Gasteiger charge is -2.36. The summed E-state index contributed by atoms with van der Waals surface area (Å²) in [5.74, 6) is 1.20. The normalized spacial score (nSPS) is 16.8. The van der Waals surface area contributed by atoms with Crippen LogP contribution in [0.5, 0.6) is 0 Å². The summed E-state index contributed by atoms with van der Waals surface area (Å²) in [7, 11) is 0. The van der Waals surface area contributed by atoms with Crippen LogP contribution in [-0.2, 0) is 0 Å². The van der Waals surface area contributed by atoms with Crippen LogP contribution in [0.25, 0.3) is 50.6 Å². The van der Waals surface area contributed by atoms with Crippen LogP contribution in [0, 0.1) is 0 Å². The number of aromatic nitrogens is 2. The van der Waals surface area contributed by atoms with E-state index < -0.39 is 0 Å². The Balaban J connectivity index is 1.41. The first-order valence-electron chi connectivity index (χ1n) is 14.2. The number of fused-ring (bicyclic) bond motifs is 6. The molecule has 0 radical (unpaired) electrons. The van der Waals surface area contributed by atoms with Gasteiger partial charge in [0.15, 0.2) is 0 Å². The van der Waals surface area contributed by atoms with Gasteiger partial charge in [0.25, 0.3) is 0 Å². The van der Waals surface area contributed by atoms with Crippen molar-refractivity contribution in [3.63, 3.8) is 0 Å². The third-order valence-corrected chi connectivity index (χ3v) is 8.37. The minimum absolute atomic E-state index is 0.108. The number of nitrogens with zero attached hydrogens (tertiary/aromatic N) is 2. The zero-order valence-electron chi connectivity index (χ0n) is 22.6. The van der Waals surface area contributed by atoms with Gasteiger partial charge in [-0.2, -0.15) is 0 Å². The van der Waals surface area contributed by atoms with E-state index >= 15 is 0 Å². The first kappa shape index (κ1) is 23.7. The van der Waals surface area contributed by atoms with Gasteiger partial charge in [-0.25, -0.2) is 4.98 Å². The second-order valence-corrected chi connectivity index (χ2v) is 10.8. The van der Waals surface area contributed by atoms with Crippen LogP contribution in [0.4, 0.5) is 0 Å². The zero-order valence-corrected chi connectivity index (χ0v) is 22.6. The van der Waals surface area contributed by atoms with Crippen molar-refractivity contribution in [3.8, 4) is 45.0 Å². The Labute approximate surface area is 240 Å². The average Bonchev–Trinajstić information content (AvgIpc) is 3.47. The lowest BCUT2D eigenvalue weighted by Crippen LogP contribution is -2.24. The molecule has 2 unspecified atom stereocenters. The molecule has 194 valence electrons.